The van der Waals surface area contributed by atoms with Crippen LogP contribution in [0, 0.1) is 0 Å². The van der Waals surface area contributed by atoms with Gasteiger partial charge in [-0.2, -0.15) is 0 Å². The number of allylic oxidation sites excluding steroid dienone is 16. The first-order chi connectivity index (χ1) is 40.5. The number of unbranched alkanes of at least 4 members (excludes halogenated alkanes) is 37. The molecule has 0 bridgehead atoms. The molecule has 0 spiro atoms. The third-order valence-electron chi connectivity index (χ3n) is 15.3. The summed E-state index contributed by atoms with van der Waals surface area (Å²) in [6.07, 6.45) is 94.2. The second-order valence-corrected chi connectivity index (χ2v) is 23.4. The molecule has 6 nitrogen and oxygen atoms in total. The normalized spacial score (nSPS) is 12.7. The van der Waals surface area contributed by atoms with E-state index in [0.29, 0.717) is 19.3 Å². The molecular formula is C76H132O6. The topological polar surface area (TPSA) is 78.9 Å². The molecule has 472 valence electrons. The molecule has 1 atom stereocenters. The lowest BCUT2D eigenvalue weighted by Gasteiger charge is -2.18. The Bertz CT molecular complexity index is 1590. The van der Waals surface area contributed by atoms with Gasteiger partial charge in [0, 0.05) is 19.3 Å². The second-order valence-electron chi connectivity index (χ2n) is 23.4. The highest BCUT2D eigenvalue weighted by Gasteiger charge is 2.19. The zero-order valence-electron chi connectivity index (χ0n) is 54.2. The van der Waals surface area contributed by atoms with Gasteiger partial charge in [0.15, 0.2) is 6.10 Å². The minimum absolute atomic E-state index is 0.0803. The average Bonchev–Trinajstić information content (AvgIpc) is 3.47. The molecule has 0 fully saturated rings. The Hall–Kier alpha value is -3.67. The SMILES string of the molecule is CC/C=C\C/C=C\C/C=C\C/C=C\C/C=C\CCCCCCCCCC(=O)OC(COC(=O)CCCCCCCCCCCC/C=C\C/C=C\C/C=C\CCCCCCC)COC(=O)CCCCCCCCCCCCCCCCCC. The van der Waals surface area contributed by atoms with Gasteiger partial charge in [-0.05, 0) is 103 Å². The molecule has 0 aliphatic rings. The molecule has 0 heterocycles. The maximum atomic E-state index is 13.0. The minimum atomic E-state index is -0.787. The van der Waals surface area contributed by atoms with Crippen LogP contribution in [0.25, 0.3) is 0 Å². The first-order valence-corrected chi connectivity index (χ1v) is 35.2. The molecule has 0 rings (SSSR count). The summed E-state index contributed by atoms with van der Waals surface area (Å²) in [5, 5.41) is 0. The van der Waals surface area contributed by atoms with Crippen molar-refractivity contribution in [3.8, 4) is 0 Å². The van der Waals surface area contributed by atoms with Gasteiger partial charge in [0.25, 0.3) is 0 Å². The predicted octanol–water partition coefficient (Wildman–Crippen LogP) is 24.4. The van der Waals surface area contributed by atoms with Crippen LogP contribution in [-0.2, 0) is 28.6 Å². The van der Waals surface area contributed by atoms with Crippen LogP contribution in [0.1, 0.15) is 348 Å². The van der Waals surface area contributed by atoms with Crippen molar-refractivity contribution < 1.29 is 28.6 Å². The summed E-state index contributed by atoms with van der Waals surface area (Å²) in [6.45, 7) is 6.55. The average molecular weight is 1140 g/mol. The number of carbonyl (C=O) groups is 3. The Morgan fingerprint density at radius 2 is 0.476 bits per heavy atom. The fourth-order valence-electron chi connectivity index (χ4n) is 10.1. The molecule has 0 aromatic carbocycles. The molecule has 6 heteroatoms. The van der Waals surface area contributed by atoms with E-state index in [1.807, 2.05) is 0 Å². The Balaban J connectivity index is 4.37. The lowest BCUT2D eigenvalue weighted by molar-refractivity contribution is -0.167. The summed E-state index contributed by atoms with van der Waals surface area (Å²) < 4.78 is 17.0. The first kappa shape index (κ1) is 78.3. The van der Waals surface area contributed by atoms with E-state index in [1.54, 1.807) is 0 Å². The van der Waals surface area contributed by atoms with Crippen molar-refractivity contribution in [1.82, 2.24) is 0 Å². The van der Waals surface area contributed by atoms with Crippen LogP contribution in [0.2, 0.25) is 0 Å². The number of ether oxygens (including phenoxy) is 3. The minimum Gasteiger partial charge on any atom is -0.462 e. The summed E-state index contributed by atoms with van der Waals surface area (Å²) in [4.78, 5) is 38.5. The van der Waals surface area contributed by atoms with Crippen LogP contribution in [0.5, 0.6) is 0 Å². The zero-order valence-corrected chi connectivity index (χ0v) is 54.2. The highest BCUT2D eigenvalue weighted by Crippen LogP contribution is 2.17. The summed E-state index contributed by atoms with van der Waals surface area (Å²) in [5.74, 6) is -0.878. The summed E-state index contributed by atoms with van der Waals surface area (Å²) in [6, 6.07) is 0. The highest BCUT2D eigenvalue weighted by atomic mass is 16.6. The van der Waals surface area contributed by atoms with Crippen molar-refractivity contribution >= 4 is 17.9 Å². The fraction of sp³-hybridized carbons (Fsp3) is 0.750. The largest absolute Gasteiger partial charge is 0.462 e. The quantitative estimate of drug-likeness (QED) is 0.0261. The van der Waals surface area contributed by atoms with Crippen LogP contribution >= 0.6 is 0 Å². The lowest BCUT2D eigenvalue weighted by atomic mass is 10.0. The van der Waals surface area contributed by atoms with Crippen molar-refractivity contribution in [2.75, 3.05) is 13.2 Å². The number of hydrogen-bond donors (Lipinski definition) is 0. The molecule has 0 aliphatic carbocycles. The van der Waals surface area contributed by atoms with Gasteiger partial charge < -0.3 is 14.2 Å². The van der Waals surface area contributed by atoms with Gasteiger partial charge in [0.1, 0.15) is 13.2 Å². The summed E-state index contributed by atoms with van der Waals surface area (Å²) in [7, 11) is 0. The predicted molar refractivity (Wildman–Crippen MR) is 357 cm³/mol. The smallest absolute Gasteiger partial charge is 0.306 e. The Kier molecular flexibility index (Phi) is 66.7. The molecule has 0 saturated heterocycles. The second kappa shape index (κ2) is 69.8. The van der Waals surface area contributed by atoms with Crippen LogP contribution in [0.15, 0.2) is 97.2 Å². The van der Waals surface area contributed by atoms with Crippen molar-refractivity contribution in [2.24, 2.45) is 0 Å². The van der Waals surface area contributed by atoms with Crippen LogP contribution < -0.4 is 0 Å². The molecule has 1 unspecified atom stereocenters. The van der Waals surface area contributed by atoms with Crippen LogP contribution in [0.3, 0.4) is 0 Å². The van der Waals surface area contributed by atoms with Crippen molar-refractivity contribution in [2.45, 2.75) is 354 Å². The van der Waals surface area contributed by atoms with E-state index in [-0.39, 0.29) is 31.1 Å². The number of hydrogen-bond acceptors (Lipinski definition) is 6. The molecule has 0 amide bonds. The molecule has 0 saturated carbocycles. The Morgan fingerprint density at radius 1 is 0.256 bits per heavy atom. The molecule has 82 heavy (non-hydrogen) atoms. The molecule has 0 N–H and O–H groups in total. The van der Waals surface area contributed by atoms with E-state index < -0.39 is 6.10 Å². The maximum Gasteiger partial charge on any atom is 0.306 e. The van der Waals surface area contributed by atoms with E-state index in [1.165, 1.54) is 199 Å². The molecule has 0 radical (unpaired) electrons. The standard InChI is InChI=1S/C76H132O6/c1-4-7-10-13-16-19-22-25-28-31-33-35-37-38-40-41-43-45-48-51-54-57-60-63-66-69-75(78)81-72-73(71-80-74(77)68-65-62-59-56-53-50-47-30-27-24-21-18-15-12-9-6-3)82-76(79)70-67-64-61-58-55-52-49-46-44-42-39-36-34-32-29-26-23-20-17-14-11-8-5-2/h8,11,17,20,22,25-26,29,31,33-34,36-38,42,44,73H,4-7,9-10,12-16,18-19,21,23-24,27-28,30,32,35,39-41,43,45-72H2,1-3H3/b11-8-,20-17-,25-22-,29-26-,33-31-,36-34-,38-37-,44-42-. The number of rotatable bonds is 64. The van der Waals surface area contributed by atoms with E-state index >= 15 is 0 Å². The number of carbonyl (C=O) groups excluding carboxylic acids is 3. The monoisotopic (exact) mass is 1140 g/mol. The van der Waals surface area contributed by atoms with Gasteiger partial charge in [-0.3, -0.25) is 14.4 Å². The van der Waals surface area contributed by atoms with E-state index in [4.69, 9.17) is 14.2 Å². The lowest BCUT2D eigenvalue weighted by Crippen LogP contribution is -2.30. The van der Waals surface area contributed by atoms with E-state index in [9.17, 15) is 14.4 Å². The van der Waals surface area contributed by atoms with Crippen molar-refractivity contribution in [1.29, 1.82) is 0 Å². The third kappa shape index (κ3) is 67.1. The number of esters is 3. The van der Waals surface area contributed by atoms with Gasteiger partial charge >= 0.3 is 17.9 Å². The van der Waals surface area contributed by atoms with E-state index in [0.717, 1.165) is 109 Å². The first-order valence-electron chi connectivity index (χ1n) is 35.2. The third-order valence-corrected chi connectivity index (χ3v) is 15.3. The Morgan fingerprint density at radius 3 is 0.744 bits per heavy atom. The molecule has 0 aliphatic heterocycles. The Labute approximate surface area is 508 Å². The zero-order chi connectivity index (χ0) is 59.2. The molecular weight excluding hydrogens is 1010 g/mol. The summed E-state index contributed by atoms with van der Waals surface area (Å²) >= 11 is 0. The van der Waals surface area contributed by atoms with Crippen LogP contribution in [-0.4, -0.2) is 37.2 Å². The van der Waals surface area contributed by atoms with Gasteiger partial charge in [-0.15, -0.1) is 0 Å². The maximum absolute atomic E-state index is 13.0. The molecule has 0 aromatic rings. The van der Waals surface area contributed by atoms with Crippen LogP contribution in [0.4, 0.5) is 0 Å². The summed E-state index contributed by atoms with van der Waals surface area (Å²) in [5.41, 5.74) is 0. The van der Waals surface area contributed by atoms with E-state index in [2.05, 4.69) is 118 Å². The van der Waals surface area contributed by atoms with Gasteiger partial charge in [0.05, 0.1) is 0 Å². The van der Waals surface area contributed by atoms with Gasteiger partial charge in [-0.1, -0.05) is 323 Å². The van der Waals surface area contributed by atoms with Gasteiger partial charge in [-0.25, -0.2) is 0 Å². The van der Waals surface area contributed by atoms with Crippen molar-refractivity contribution in [3.05, 3.63) is 97.2 Å². The van der Waals surface area contributed by atoms with Crippen molar-refractivity contribution in [3.63, 3.8) is 0 Å². The van der Waals surface area contributed by atoms with Gasteiger partial charge in [0.2, 0.25) is 0 Å². The fourth-order valence-corrected chi connectivity index (χ4v) is 10.1. The highest BCUT2D eigenvalue weighted by molar-refractivity contribution is 5.71. The molecule has 0 aromatic heterocycles.